The number of aryl methyl sites for hydroxylation is 1. The number of hydrogen-bond donors (Lipinski definition) is 2. The molecule has 2 heterocycles. The molecular weight excluding hydrogens is 454 g/mol. The molecule has 0 amide bonds. The van der Waals surface area contributed by atoms with Gasteiger partial charge in [0.1, 0.15) is 11.5 Å². The largest absolute Gasteiger partial charge is 0.508 e. The van der Waals surface area contributed by atoms with E-state index in [1.807, 2.05) is 49.9 Å². The van der Waals surface area contributed by atoms with Gasteiger partial charge in [-0.05, 0) is 75.1 Å². The summed E-state index contributed by atoms with van der Waals surface area (Å²) in [5.74, 6) is 2.44. The monoisotopic (exact) mass is 497 g/mol. The van der Waals surface area contributed by atoms with Crippen molar-refractivity contribution in [2.24, 2.45) is 0 Å². The number of benzene rings is 3. The maximum Gasteiger partial charge on any atom is 0.132 e. The Hall–Kier alpha value is -2.47. The molecule has 0 aliphatic carbocycles. The smallest absolute Gasteiger partial charge is 0.132 e. The lowest BCUT2D eigenvalue weighted by atomic mass is 10.1. The van der Waals surface area contributed by atoms with Crippen molar-refractivity contribution in [3.63, 3.8) is 0 Å². The third-order valence-electron chi connectivity index (χ3n) is 5.19. The molecule has 4 nitrogen and oxygen atoms in total. The standard InChI is InChI=1S/C13H19N.C8H8OS.C6H6O.C2H6.CH4O/c1-2-7-13(8-3-1)9-6-12-14-10-4-5-11-14;1-2-4-8-7(3-1)9-5-6-10-8;7-6-4-2-1-3-5-6;2*1-2/h1-3,7-8H,4-6,9-12H2;1-4H,5-6H2;1-5,7H;1-2H3;2H,1H3. The molecule has 0 atom stereocenters. The van der Waals surface area contributed by atoms with E-state index >= 15 is 0 Å². The van der Waals surface area contributed by atoms with Crippen LogP contribution in [0.1, 0.15) is 38.7 Å². The van der Waals surface area contributed by atoms with E-state index in [1.54, 1.807) is 24.3 Å². The van der Waals surface area contributed by atoms with Crippen molar-refractivity contribution in [1.29, 1.82) is 0 Å². The summed E-state index contributed by atoms with van der Waals surface area (Å²) in [7, 11) is 1.00. The first-order valence-electron chi connectivity index (χ1n) is 12.6. The number of aromatic hydroxyl groups is 1. The molecule has 192 valence electrons. The van der Waals surface area contributed by atoms with Gasteiger partial charge in [-0.15, -0.1) is 11.8 Å². The van der Waals surface area contributed by atoms with E-state index < -0.39 is 0 Å². The zero-order valence-corrected chi connectivity index (χ0v) is 22.4. The number of aliphatic hydroxyl groups excluding tert-OH is 1. The van der Waals surface area contributed by atoms with E-state index in [2.05, 4.69) is 41.3 Å². The summed E-state index contributed by atoms with van der Waals surface area (Å²) >= 11 is 1.86. The molecule has 2 aliphatic rings. The van der Waals surface area contributed by atoms with Gasteiger partial charge in [-0.3, -0.25) is 0 Å². The molecule has 0 spiro atoms. The van der Waals surface area contributed by atoms with Crippen molar-refractivity contribution in [3.05, 3.63) is 90.5 Å². The van der Waals surface area contributed by atoms with Gasteiger partial charge in [0, 0.05) is 17.8 Å². The lowest BCUT2D eigenvalue weighted by Crippen LogP contribution is -2.20. The average molecular weight is 498 g/mol. The summed E-state index contributed by atoms with van der Waals surface area (Å²) in [6.45, 7) is 8.79. The van der Waals surface area contributed by atoms with E-state index in [4.69, 9.17) is 14.9 Å². The van der Waals surface area contributed by atoms with Crippen LogP contribution in [0.4, 0.5) is 0 Å². The minimum atomic E-state index is 0.322. The molecule has 2 aliphatic heterocycles. The van der Waals surface area contributed by atoms with E-state index in [0.29, 0.717) is 5.75 Å². The van der Waals surface area contributed by atoms with Crippen molar-refractivity contribution in [2.45, 2.75) is 44.4 Å². The minimum absolute atomic E-state index is 0.322. The van der Waals surface area contributed by atoms with Crippen LogP contribution in [0.2, 0.25) is 0 Å². The number of nitrogens with zero attached hydrogens (tertiary/aromatic N) is 1. The number of phenols is 1. The van der Waals surface area contributed by atoms with Gasteiger partial charge in [0.25, 0.3) is 0 Å². The van der Waals surface area contributed by atoms with Gasteiger partial charge in [-0.1, -0.05) is 74.5 Å². The Morgan fingerprint density at radius 2 is 1.37 bits per heavy atom. The minimum Gasteiger partial charge on any atom is -0.508 e. The zero-order valence-electron chi connectivity index (χ0n) is 21.6. The van der Waals surface area contributed by atoms with Gasteiger partial charge in [-0.2, -0.15) is 0 Å². The predicted octanol–water partition coefficient (Wildman–Crippen LogP) is 6.91. The summed E-state index contributed by atoms with van der Waals surface area (Å²) in [5.41, 5.74) is 1.48. The Balaban J connectivity index is 0.000000256. The highest BCUT2D eigenvalue weighted by Gasteiger charge is 2.10. The molecule has 0 bridgehead atoms. The van der Waals surface area contributed by atoms with Crippen LogP contribution in [-0.2, 0) is 6.42 Å². The molecule has 0 unspecified atom stereocenters. The van der Waals surface area contributed by atoms with E-state index in [-0.39, 0.29) is 0 Å². The third kappa shape index (κ3) is 13.9. The van der Waals surface area contributed by atoms with Gasteiger partial charge < -0.3 is 19.8 Å². The quantitative estimate of drug-likeness (QED) is 0.410. The number of rotatable bonds is 4. The molecular formula is C30H43NO3S. The van der Waals surface area contributed by atoms with E-state index in [0.717, 1.165) is 25.2 Å². The summed E-state index contributed by atoms with van der Waals surface area (Å²) in [6, 6.07) is 27.7. The topological polar surface area (TPSA) is 52.9 Å². The second-order valence-electron chi connectivity index (χ2n) is 7.62. The summed E-state index contributed by atoms with van der Waals surface area (Å²) in [6.07, 6.45) is 5.36. The Kier molecular flexibility index (Phi) is 18.2. The van der Waals surface area contributed by atoms with Gasteiger partial charge in [0.15, 0.2) is 0 Å². The number of thioether (sulfide) groups is 1. The highest BCUT2D eigenvalue weighted by molar-refractivity contribution is 7.99. The Morgan fingerprint density at radius 1 is 0.800 bits per heavy atom. The van der Waals surface area contributed by atoms with Gasteiger partial charge >= 0.3 is 0 Å². The number of likely N-dealkylation sites (tertiary alicyclic amines) is 1. The molecule has 0 saturated carbocycles. The lowest BCUT2D eigenvalue weighted by Gasteiger charge is -2.15. The molecule has 35 heavy (non-hydrogen) atoms. The average Bonchev–Trinajstić information content (AvgIpc) is 3.47. The van der Waals surface area contributed by atoms with Crippen molar-refractivity contribution in [2.75, 3.05) is 39.1 Å². The molecule has 0 aromatic heterocycles. The fourth-order valence-corrected chi connectivity index (χ4v) is 4.41. The Bertz CT molecular complexity index is 831. The highest BCUT2D eigenvalue weighted by Crippen LogP contribution is 2.32. The molecule has 5 rings (SSSR count). The first-order chi connectivity index (χ1) is 17.3. The first kappa shape index (κ1) is 30.6. The summed E-state index contributed by atoms with van der Waals surface area (Å²) in [5, 5.41) is 15.6. The van der Waals surface area contributed by atoms with Crippen LogP contribution in [0.5, 0.6) is 11.5 Å². The Morgan fingerprint density at radius 3 is 1.94 bits per heavy atom. The number of aliphatic hydroxyl groups is 1. The fraction of sp³-hybridized carbons (Fsp3) is 0.400. The molecule has 3 aromatic carbocycles. The number of ether oxygens (including phenoxy) is 1. The molecule has 5 heteroatoms. The van der Waals surface area contributed by atoms with Crippen LogP contribution in [-0.4, -0.2) is 54.2 Å². The second kappa shape index (κ2) is 20.9. The molecule has 1 saturated heterocycles. The maximum atomic E-state index is 8.63. The van der Waals surface area contributed by atoms with Crippen LogP contribution in [0.3, 0.4) is 0 Å². The first-order valence-corrected chi connectivity index (χ1v) is 13.6. The van der Waals surface area contributed by atoms with Crippen LogP contribution in [0.25, 0.3) is 0 Å². The number of para-hydroxylation sites is 2. The van der Waals surface area contributed by atoms with Crippen LogP contribution in [0, 0.1) is 0 Å². The summed E-state index contributed by atoms with van der Waals surface area (Å²) in [4.78, 5) is 3.86. The van der Waals surface area contributed by atoms with Crippen molar-refractivity contribution in [3.8, 4) is 11.5 Å². The number of phenolic OH excluding ortho intramolecular Hbond substituents is 1. The fourth-order valence-electron chi connectivity index (χ4n) is 3.58. The second-order valence-corrected chi connectivity index (χ2v) is 8.75. The SMILES string of the molecule is CC.CO.Oc1ccccc1.c1ccc(CCCN2CCCC2)cc1.c1ccc2c(c1)OCCS2. The maximum absolute atomic E-state index is 8.63. The molecule has 0 radical (unpaired) electrons. The van der Waals surface area contributed by atoms with Crippen molar-refractivity contribution >= 4 is 11.8 Å². The van der Waals surface area contributed by atoms with Gasteiger partial charge in [-0.25, -0.2) is 0 Å². The predicted molar refractivity (Wildman–Crippen MR) is 151 cm³/mol. The summed E-state index contributed by atoms with van der Waals surface area (Å²) < 4.78 is 5.40. The van der Waals surface area contributed by atoms with Gasteiger partial charge in [0.2, 0.25) is 0 Å². The van der Waals surface area contributed by atoms with Gasteiger partial charge in [0.05, 0.1) is 6.61 Å². The third-order valence-corrected chi connectivity index (χ3v) is 6.20. The van der Waals surface area contributed by atoms with Crippen molar-refractivity contribution < 1.29 is 14.9 Å². The van der Waals surface area contributed by atoms with Crippen LogP contribution < -0.4 is 4.74 Å². The van der Waals surface area contributed by atoms with E-state index in [1.165, 1.54) is 55.8 Å². The molecule has 1 fully saturated rings. The lowest BCUT2D eigenvalue weighted by molar-refractivity contribution is 0.330. The number of fused-ring (bicyclic) bond motifs is 1. The van der Waals surface area contributed by atoms with E-state index in [9.17, 15) is 0 Å². The molecule has 2 N–H and O–H groups in total. The number of hydrogen-bond acceptors (Lipinski definition) is 5. The zero-order chi connectivity index (χ0) is 25.6. The molecule has 3 aromatic rings. The normalized spacial score (nSPS) is 13.5. The highest BCUT2D eigenvalue weighted by atomic mass is 32.2. The van der Waals surface area contributed by atoms with Crippen LogP contribution in [0.15, 0.2) is 89.8 Å². The van der Waals surface area contributed by atoms with Crippen LogP contribution >= 0.6 is 11.8 Å². The van der Waals surface area contributed by atoms with Crippen molar-refractivity contribution in [1.82, 2.24) is 4.90 Å². The Labute approximate surface area is 217 Å².